The van der Waals surface area contributed by atoms with E-state index in [0.29, 0.717) is 5.56 Å². The third-order valence-corrected chi connectivity index (χ3v) is 5.94. The Bertz CT molecular complexity index is 1480. The summed E-state index contributed by atoms with van der Waals surface area (Å²) in [7, 11) is 1.14. The highest BCUT2D eigenvalue weighted by Gasteiger charge is 2.41. The van der Waals surface area contributed by atoms with Crippen LogP contribution in [0.15, 0.2) is 58.5 Å². The second-order valence-electron chi connectivity index (χ2n) is 8.11. The number of hydrogen-bond donors (Lipinski definition) is 2. The summed E-state index contributed by atoms with van der Waals surface area (Å²) in [5, 5.41) is 26.1. The Kier molecular flexibility index (Phi) is 6.19. The predicted octanol–water partition coefficient (Wildman–Crippen LogP) is 3.70. The molecule has 2 atom stereocenters. The number of aromatic nitrogens is 3. The normalized spacial score (nSPS) is 16.4. The van der Waals surface area contributed by atoms with Gasteiger partial charge in [0.25, 0.3) is 0 Å². The monoisotopic (exact) mass is 499 g/mol. The van der Waals surface area contributed by atoms with Gasteiger partial charge in [-0.1, -0.05) is 12.1 Å². The summed E-state index contributed by atoms with van der Waals surface area (Å²) in [5.74, 6) is -0.912. The number of ether oxygens (including phenoxy) is 1. The van der Waals surface area contributed by atoms with E-state index in [4.69, 9.17) is 4.74 Å². The molecule has 1 aliphatic heterocycles. The van der Waals surface area contributed by atoms with E-state index in [-0.39, 0.29) is 34.0 Å². The number of esters is 1. The number of aliphatic hydroxyl groups is 1. The highest BCUT2D eigenvalue weighted by atomic mass is 19.4. The van der Waals surface area contributed by atoms with Crippen LogP contribution in [0.25, 0.3) is 0 Å². The van der Waals surface area contributed by atoms with Crippen molar-refractivity contribution in [1.82, 2.24) is 14.8 Å². The van der Waals surface area contributed by atoms with Crippen LogP contribution in [-0.4, -0.2) is 33.0 Å². The molecule has 0 saturated carbocycles. The van der Waals surface area contributed by atoms with Crippen molar-refractivity contribution in [1.29, 1.82) is 5.26 Å². The molecular formula is C24H20F3N5O4. The molecule has 0 amide bonds. The van der Waals surface area contributed by atoms with E-state index >= 15 is 0 Å². The summed E-state index contributed by atoms with van der Waals surface area (Å²) in [6.07, 6.45) is -5.71. The van der Waals surface area contributed by atoms with Crippen molar-refractivity contribution in [2.75, 3.05) is 12.0 Å². The van der Waals surface area contributed by atoms with Crippen LogP contribution in [0.4, 0.5) is 24.8 Å². The zero-order chi connectivity index (χ0) is 26.4. The topological polar surface area (TPSA) is 124 Å². The van der Waals surface area contributed by atoms with Crippen molar-refractivity contribution in [3.63, 3.8) is 0 Å². The number of H-pyrrole nitrogens is 1. The second-order valence-corrected chi connectivity index (χ2v) is 8.11. The first-order chi connectivity index (χ1) is 17.0. The summed E-state index contributed by atoms with van der Waals surface area (Å²) < 4.78 is 46.4. The van der Waals surface area contributed by atoms with E-state index in [0.717, 1.165) is 23.8 Å². The number of halogens is 3. The predicted molar refractivity (Wildman–Crippen MR) is 121 cm³/mol. The van der Waals surface area contributed by atoms with Gasteiger partial charge in [-0.3, -0.25) is 4.90 Å². The summed E-state index contributed by atoms with van der Waals surface area (Å²) in [5.41, 5.74) is -0.716. The lowest BCUT2D eigenvalue weighted by atomic mass is 9.88. The minimum absolute atomic E-state index is 0.0120. The standard InChI is InChI=1S/C24H20F3N5O4/c1-12-19(21(34)36-3)20(17-8-7-14(11-28)9-18(17)13(2)33)32-22(29-30-23(32)35)31(12)16-6-4-5-15(10-16)24(25,26)27/h4-10,13,20,33H,1-3H3,(H,30,35). The summed E-state index contributed by atoms with van der Waals surface area (Å²) in [6.45, 7) is 2.96. The van der Waals surface area contributed by atoms with Gasteiger partial charge in [-0.15, -0.1) is 5.10 Å². The van der Waals surface area contributed by atoms with Crippen LogP contribution in [0.1, 0.15) is 48.2 Å². The fourth-order valence-corrected chi connectivity index (χ4v) is 4.33. The van der Waals surface area contributed by atoms with Gasteiger partial charge in [-0.05, 0) is 55.3 Å². The minimum Gasteiger partial charge on any atom is -0.466 e. The van der Waals surface area contributed by atoms with Crippen molar-refractivity contribution >= 4 is 17.6 Å². The van der Waals surface area contributed by atoms with Crippen molar-refractivity contribution in [2.24, 2.45) is 0 Å². The first kappa shape index (κ1) is 24.7. The number of nitrogens with zero attached hydrogens (tertiary/aromatic N) is 4. The number of aromatic amines is 1. The maximum atomic E-state index is 13.4. The molecule has 0 spiro atoms. The van der Waals surface area contributed by atoms with Gasteiger partial charge >= 0.3 is 17.8 Å². The van der Waals surface area contributed by atoms with Crippen LogP contribution in [0.5, 0.6) is 0 Å². The fraction of sp³-hybridized carbons (Fsp3) is 0.250. The molecule has 0 aliphatic carbocycles. The van der Waals surface area contributed by atoms with Crippen molar-refractivity contribution in [2.45, 2.75) is 32.2 Å². The number of hydrogen-bond acceptors (Lipinski definition) is 7. The average molecular weight is 499 g/mol. The number of fused-ring (bicyclic) bond motifs is 1. The Morgan fingerprint density at radius 3 is 2.61 bits per heavy atom. The molecule has 2 N–H and O–H groups in total. The SMILES string of the molecule is COC(=O)C1=C(C)N(c2cccc(C(F)(F)F)c2)c2n[nH]c(=O)n2C1c1ccc(C#N)cc1C(C)O. The molecule has 2 aromatic carbocycles. The van der Waals surface area contributed by atoms with E-state index in [1.165, 1.54) is 49.1 Å². The lowest BCUT2D eigenvalue weighted by Crippen LogP contribution is -2.38. The molecule has 36 heavy (non-hydrogen) atoms. The van der Waals surface area contributed by atoms with Gasteiger partial charge < -0.3 is 9.84 Å². The summed E-state index contributed by atoms with van der Waals surface area (Å²) in [4.78, 5) is 27.3. The summed E-state index contributed by atoms with van der Waals surface area (Å²) >= 11 is 0. The van der Waals surface area contributed by atoms with Crippen LogP contribution >= 0.6 is 0 Å². The van der Waals surface area contributed by atoms with E-state index in [2.05, 4.69) is 10.2 Å². The number of carbonyl (C=O) groups is 1. The van der Waals surface area contributed by atoms with Gasteiger partial charge in [0, 0.05) is 11.4 Å². The molecule has 12 heteroatoms. The Balaban J connectivity index is 2.05. The van der Waals surface area contributed by atoms with E-state index < -0.39 is 35.5 Å². The molecule has 2 heterocycles. The van der Waals surface area contributed by atoms with Crippen LogP contribution in [-0.2, 0) is 15.7 Å². The Hall–Kier alpha value is -4.37. The molecule has 2 unspecified atom stereocenters. The fourth-order valence-electron chi connectivity index (χ4n) is 4.33. The molecule has 0 radical (unpaired) electrons. The van der Waals surface area contributed by atoms with Gasteiger partial charge in [-0.25, -0.2) is 19.3 Å². The molecule has 1 aliphatic rings. The number of alkyl halides is 3. The van der Waals surface area contributed by atoms with Crippen LogP contribution in [0.3, 0.4) is 0 Å². The molecule has 0 fully saturated rings. The zero-order valence-corrected chi connectivity index (χ0v) is 19.3. The number of carbonyl (C=O) groups excluding carboxylic acids is 1. The van der Waals surface area contributed by atoms with E-state index in [9.17, 15) is 33.1 Å². The van der Waals surface area contributed by atoms with Gasteiger partial charge in [-0.2, -0.15) is 18.4 Å². The largest absolute Gasteiger partial charge is 0.466 e. The van der Waals surface area contributed by atoms with Crippen LogP contribution in [0.2, 0.25) is 0 Å². The molecule has 4 rings (SSSR count). The first-order valence-electron chi connectivity index (χ1n) is 10.6. The molecule has 9 nitrogen and oxygen atoms in total. The number of nitriles is 1. The lowest BCUT2D eigenvalue weighted by Gasteiger charge is -2.36. The van der Waals surface area contributed by atoms with Crippen LogP contribution < -0.4 is 10.6 Å². The van der Waals surface area contributed by atoms with Gasteiger partial charge in [0.2, 0.25) is 5.95 Å². The molecule has 0 bridgehead atoms. The number of benzene rings is 2. The Morgan fingerprint density at radius 2 is 2.00 bits per heavy atom. The number of nitrogens with one attached hydrogen (secondary N) is 1. The van der Waals surface area contributed by atoms with Gasteiger partial charge in [0.05, 0.1) is 36.0 Å². The Labute approximate surface area is 202 Å². The summed E-state index contributed by atoms with van der Waals surface area (Å²) in [6, 6.07) is 9.61. The van der Waals surface area contributed by atoms with Crippen molar-refractivity contribution in [3.8, 4) is 6.07 Å². The molecule has 3 aromatic rings. The first-order valence-corrected chi connectivity index (χ1v) is 10.6. The number of methoxy groups -OCH3 is 1. The molecule has 1 aromatic heterocycles. The molecular weight excluding hydrogens is 479 g/mol. The van der Waals surface area contributed by atoms with E-state index in [1.54, 1.807) is 0 Å². The van der Waals surface area contributed by atoms with Gasteiger partial charge in [0.1, 0.15) is 6.04 Å². The highest BCUT2D eigenvalue weighted by Crippen LogP contribution is 2.44. The smallest absolute Gasteiger partial charge is 0.416 e. The highest BCUT2D eigenvalue weighted by molar-refractivity contribution is 5.93. The van der Waals surface area contributed by atoms with Crippen molar-refractivity contribution < 1.29 is 27.8 Å². The zero-order valence-electron chi connectivity index (χ0n) is 19.3. The second kappa shape index (κ2) is 9.01. The Morgan fingerprint density at radius 1 is 1.28 bits per heavy atom. The maximum absolute atomic E-state index is 13.4. The van der Waals surface area contributed by atoms with E-state index in [1.807, 2.05) is 6.07 Å². The maximum Gasteiger partial charge on any atom is 0.416 e. The van der Waals surface area contributed by atoms with Crippen LogP contribution in [0, 0.1) is 11.3 Å². The molecule has 186 valence electrons. The average Bonchev–Trinajstić information content (AvgIpc) is 3.22. The number of allylic oxidation sites excluding steroid dienone is 1. The third kappa shape index (κ3) is 4.03. The minimum atomic E-state index is -4.63. The van der Waals surface area contributed by atoms with Gasteiger partial charge in [0.15, 0.2) is 0 Å². The lowest BCUT2D eigenvalue weighted by molar-refractivity contribution is -0.138. The quantitative estimate of drug-likeness (QED) is 0.525. The number of aliphatic hydroxyl groups excluding tert-OH is 1. The molecule has 0 saturated heterocycles. The number of anilines is 2. The third-order valence-electron chi connectivity index (χ3n) is 5.94. The van der Waals surface area contributed by atoms with Crippen molar-refractivity contribution in [3.05, 3.63) is 86.5 Å². The number of rotatable bonds is 4.